The van der Waals surface area contributed by atoms with Crippen LogP contribution in [0.1, 0.15) is 90.3 Å². The van der Waals surface area contributed by atoms with E-state index in [1.54, 1.807) is 34.5 Å². The SMILES string of the molecule is CC#N.COc1ccc(-c2cc(C)cc(-c3ccc(OC)cc3)c2N2C(C)C2C)cc1.COc1ccc(-c2cc(C)cc(-c3ccc(OC)cc3)c2N2C(C)C2C)cc1.FC(F)(F)c1cc([B-](c2cc(C(F)(F)F)cc(C(F)(F)F)c2)(c2cc(C(F)(F)F)cc(C(F)(F)F)c2)c2cc(C(F)(F)F)cc(C(F)(F)F)c2)cc(C(F)(F)F)c1.[CH3][Pd+]. The summed E-state index contributed by atoms with van der Waals surface area (Å²) in [4.78, 5) is 5.02. The van der Waals surface area contributed by atoms with Crippen LogP contribution in [0.15, 0.2) is 194 Å². The van der Waals surface area contributed by atoms with Crippen molar-refractivity contribution in [1.29, 1.82) is 5.26 Å². The van der Waals surface area contributed by atoms with Crippen molar-refractivity contribution in [3.05, 3.63) is 250 Å². The Hall–Kier alpha value is -10.5. The van der Waals surface area contributed by atoms with Gasteiger partial charge in [-0.1, -0.05) is 97.1 Å². The average Bonchev–Trinajstić information content (AvgIpc) is 1.17. The van der Waals surface area contributed by atoms with Crippen molar-refractivity contribution < 1.29 is 144 Å². The monoisotopic (exact) mass is 1770 g/mol. The molecular weight excluding hydrogens is 1700 g/mol. The Bertz CT molecular complexity index is 4450. The molecule has 632 valence electrons. The fraction of sp³-hybridized carbons (Fsp3) is 0.282. The molecule has 2 heterocycles. The summed E-state index contributed by atoms with van der Waals surface area (Å²) in [5, 5.41) is 9.17. The zero-order valence-corrected chi connectivity index (χ0v) is 65.8. The number of benzene rings is 10. The number of methoxy groups -OCH3 is 4. The molecule has 0 aromatic heterocycles. The number of anilines is 2. The van der Waals surface area contributed by atoms with Crippen LogP contribution in [-0.4, -0.2) is 58.8 Å². The van der Waals surface area contributed by atoms with Gasteiger partial charge < -0.3 is 28.7 Å². The number of aryl methyl sites for hydroxylation is 2. The maximum absolute atomic E-state index is 14.2. The Morgan fingerprint density at radius 1 is 0.288 bits per heavy atom. The second-order valence-corrected chi connectivity index (χ2v) is 27.6. The fourth-order valence-electron chi connectivity index (χ4n) is 14.0. The molecule has 2 aliphatic heterocycles. The maximum atomic E-state index is 14.2. The molecule has 2 saturated heterocycles. The van der Waals surface area contributed by atoms with Crippen molar-refractivity contribution in [1.82, 2.24) is 0 Å². The normalized spacial score (nSPS) is 15.6. The van der Waals surface area contributed by atoms with Gasteiger partial charge in [0.1, 0.15) is 29.1 Å². The van der Waals surface area contributed by atoms with Gasteiger partial charge in [0.15, 0.2) is 0 Å². The summed E-state index contributed by atoms with van der Waals surface area (Å²) in [6.45, 7) is 14.9. The van der Waals surface area contributed by atoms with Crippen LogP contribution in [0.5, 0.6) is 23.0 Å². The Morgan fingerprint density at radius 3 is 0.551 bits per heavy atom. The van der Waals surface area contributed by atoms with Gasteiger partial charge >= 0.3 is 74.0 Å². The van der Waals surface area contributed by atoms with Crippen LogP contribution in [0.3, 0.4) is 0 Å². The van der Waals surface area contributed by atoms with Crippen LogP contribution in [0.4, 0.5) is 117 Å². The minimum absolute atomic E-state index is 0.539. The van der Waals surface area contributed by atoms with Gasteiger partial charge in [0.05, 0.1) is 90.4 Å². The van der Waals surface area contributed by atoms with E-state index in [0.29, 0.717) is 24.2 Å². The molecule has 33 heteroatoms. The molecule has 2 aliphatic rings. The molecule has 0 amide bonds. The summed E-state index contributed by atoms with van der Waals surface area (Å²) in [5.41, 5.74) is -15.2. The first-order valence-electron chi connectivity index (χ1n) is 35.2. The average molecular weight is 1770 g/mol. The van der Waals surface area contributed by atoms with E-state index < -0.39 is 195 Å². The Balaban J connectivity index is 0.000000236. The second-order valence-electron chi connectivity index (χ2n) is 27.6. The van der Waals surface area contributed by atoms with E-state index in [1.165, 1.54) is 73.9 Å². The molecule has 12 rings (SSSR count). The van der Waals surface area contributed by atoms with E-state index in [-0.39, 0.29) is 0 Å². The topological polar surface area (TPSA) is 66.7 Å². The number of hydrogen-bond donors (Lipinski definition) is 0. The predicted molar refractivity (Wildman–Crippen MR) is 400 cm³/mol. The Morgan fingerprint density at radius 2 is 0.432 bits per heavy atom. The van der Waals surface area contributed by atoms with Crippen LogP contribution >= 0.6 is 0 Å². The van der Waals surface area contributed by atoms with Crippen LogP contribution in [0, 0.1) is 25.2 Å². The van der Waals surface area contributed by atoms with Crippen molar-refractivity contribution in [3.63, 3.8) is 0 Å². The first-order valence-corrected chi connectivity index (χ1v) is 36.7. The van der Waals surface area contributed by atoms with Gasteiger partial charge in [-0.25, -0.2) is 0 Å². The summed E-state index contributed by atoms with van der Waals surface area (Å²) in [6.07, 6.45) is -54.8. The molecule has 7 nitrogen and oxygen atoms in total. The van der Waals surface area contributed by atoms with Gasteiger partial charge in [0, 0.05) is 53.3 Å². The fourth-order valence-corrected chi connectivity index (χ4v) is 14.0. The predicted octanol–water partition coefficient (Wildman–Crippen LogP) is 24.2. The van der Waals surface area contributed by atoms with Crippen LogP contribution in [-0.2, 0) is 68.6 Å². The van der Waals surface area contributed by atoms with Crippen molar-refractivity contribution in [2.24, 2.45) is 0 Å². The van der Waals surface area contributed by atoms with Crippen molar-refractivity contribution >= 4 is 39.4 Å². The molecule has 0 spiro atoms. The Kier molecular flexibility index (Phi) is 28.1. The molecule has 0 N–H and O–H groups in total. The number of ether oxygens (including phenoxy) is 4. The molecule has 10 aromatic carbocycles. The molecule has 0 saturated carbocycles. The van der Waals surface area contributed by atoms with E-state index in [2.05, 4.69) is 143 Å². The van der Waals surface area contributed by atoms with Gasteiger partial charge in [-0.3, -0.25) is 0 Å². The van der Waals surface area contributed by atoms with Crippen LogP contribution < -0.4 is 50.6 Å². The summed E-state index contributed by atoms with van der Waals surface area (Å²) in [7, 11) is 6.81. The molecule has 4 unspecified atom stereocenters. The number of nitrogens with zero attached hydrogens (tertiary/aromatic N) is 3. The van der Waals surface area contributed by atoms with Crippen LogP contribution in [0.25, 0.3) is 44.5 Å². The van der Waals surface area contributed by atoms with Crippen molar-refractivity contribution in [2.45, 2.75) is 127 Å². The van der Waals surface area contributed by atoms with Crippen LogP contribution in [0.2, 0.25) is 5.40 Å². The minimum atomic E-state index is -6.13. The van der Waals surface area contributed by atoms with E-state index in [0.717, 1.165) is 23.0 Å². The molecule has 2 fully saturated rings. The molecule has 0 aliphatic carbocycles. The van der Waals surface area contributed by atoms with E-state index in [9.17, 15) is 105 Å². The number of rotatable bonds is 14. The van der Waals surface area contributed by atoms with Gasteiger partial charge in [0.2, 0.25) is 0 Å². The Labute approximate surface area is 674 Å². The molecule has 10 aromatic rings. The second kappa shape index (κ2) is 35.6. The molecule has 118 heavy (non-hydrogen) atoms. The standard InChI is InChI=1S/C32H12BF24.2C25H27NO2.C2H3N.CH3.Pd/c34-25(35,36)13-1-14(26(37,38)39)6-21(5-13)33(22-7-15(27(40,41)42)2-16(8-22)28(43,44)45,23-9-17(29(46,47)48)3-18(10-23)30(49,50)51)24-11-19(31(52,53)54)4-20(12-24)32(55,56)57;2*1-16-14-23(19-6-10-21(27-4)11-7-19)25(26-17(2)18(26)3)24(15-16)20-8-12-22(28-5)13-9-20;1-2-3;;/h1-12H;2*6-15,17-18H,1-5H3;1H3;1H3;/q-1;;;;;+1. The summed E-state index contributed by atoms with van der Waals surface area (Å²) in [6, 6.07) is 37.7. The third kappa shape index (κ3) is 21.1. The van der Waals surface area contributed by atoms with Crippen molar-refractivity contribution in [3.8, 4) is 73.6 Å². The molecule has 0 radical (unpaired) electrons. The number of halogens is 24. The van der Waals surface area contributed by atoms with E-state index in [4.69, 9.17) is 24.2 Å². The van der Waals surface area contributed by atoms with E-state index in [1.807, 2.05) is 53.9 Å². The quantitative estimate of drug-likeness (QED) is 0.0610. The van der Waals surface area contributed by atoms with E-state index >= 15 is 0 Å². The van der Waals surface area contributed by atoms with Gasteiger partial charge in [-0.05, 0) is 172 Å². The summed E-state index contributed by atoms with van der Waals surface area (Å²) in [5.74, 6) is 3.51. The summed E-state index contributed by atoms with van der Waals surface area (Å²) >= 11 is 2.75. The zero-order chi connectivity index (χ0) is 88.3. The summed E-state index contributed by atoms with van der Waals surface area (Å²) < 4.78 is 362. The number of nitriles is 1. The van der Waals surface area contributed by atoms with Crippen molar-refractivity contribution in [2.75, 3.05) is 38.2 Å². The first kappa shape index (κ1) is 93.0. The van der Waals surface area contributed by atoms with Gasteiger partial charge in [-0.2, -0.15) is 132 Å². The number of alkyl halides is 24. The molecule has 4 atom stereocenters. The third-order valence-electron chi connectivity index (χ3n) is 20.0. The molecular formula is C85H72BF24N3O4Pd. The van der Waals surface area contributed by atoms with Gasteiger partial charge in [0.25, 0.3) is 0 Å². The number of hydrogen-bond acceptors (Lipinski definition) is 7. The third-order valence-corrected chi connectivity index (χ3v) is 20.0. The molecule has 0 bridgehead atoms. The first-order chi connectivity index (χ1) is 54.7. The van der Waals surface area contributed by atoms with Gasteiger partial charge in [-0.15, -0.1) is 0 Å². The zero-order valence-electron chi connectivity index (χ0n) is 64.2.